The number of hydrogen-bond donors (Lipinski definition) is 2. The number of aliphatic hydroxyl groups is 1. The van der Waals surface area contributed by atoms with Crippen LogP contribution in [0.4, 0.5) is 5.69 Å². The van der Waals surface area contributed by atoms with E-state index in [0.29, 0.717) is 19.0 Å². The average molecular weight is 251 g/mol. The molecule has 2 N–H and O–H groups in total. The van der Waals surface area contributed by atoms with Crippen molar-refractivity contribution in [3.63, 3.8) is 0 Å². The van der Waals surface area contributed by atoms with Gasteiger partial charge in [0.05, 0.1) is 36.7 Å². The van der Waals surface area contributed by atoms with Crippen LogP contribution in [0.25, 0.3) is 0 Å². The monoisotopic (exact) mass is 251 g/mol. The Hall–Kier alpha value is -1.04. The van der Waals surface area contributed by atoms with Crippen LogP contribution >= 0.6 is 11.8 Å². The molecule has 2 heterocycles. The van der Waals surface area contributed by atoms with E-state index in [1.165, 1.54) is 0 Å². The minimum Gasteiger partial charge on any atom is -0.395 e. The molecule has 90 valence electrons. The third-order valence-electron chi connectivity index (χ3n) is 3.28. The quantitative estimate of drug-likeness (QED) is 0.823. The first-order chi connectivity index (χ1) is 8.23. The Labute approximate surface area is 103 Å². The van der Waals surface area contributed by atoms with Crippen LogP contribution in [0, 0.1) is 0 Å². The van der Waals surface area contributed by atoms with E-state index >= 15 is 0 Å². The number of carbonyl (C=O) groups excluding carboxylic acids is 1. The molecule has 0 saturated carbocycles. The molecule has 0 bridgehead atoms. The van der Waals surface area contributed by atoms with Crippen molar-refractivity contribution >= 4 is 23.4 Å². The SMILES string of the molecule is O=C1CSc2ccc(C3(CO)COC3)cc2N1. The van der Waals surface area contributed by atoms with Gasteiger partial charge in [-0.05, 0) is 17.7 Å². The highest BCUT2D eigenvalue weighted by atomic mass is 32.2. The largest absolute Gasteiger partial charge is 0.395 e. The van der Waals surface area contributed by atoms with E-state index in [2.05, 4.69) is 5.32 Å². The minimum atomic E-state index is -0.276. The third-order valence-corrected chi connectivity index (χ3v) is 4.36. The van der Waals surface area contributed by atoms with Crippen molar-refractivity contribution in [1.82, 2.24) is 0 Å². The minimum absolute atomic E-state index is 0.0301. The number of benzene rings is 1. The number of hydrogen-bond acceptors (Lipinski definition) is 4. The van der Waals surface area contributed by atoms with Crippen LogP contribution in [0.15, 0.2) is 23.1 Å². The van der Waals surface area contributed by atoms with E-state index in [-0.39, 0.29) is 17.9 Å². The molecule has 1 aromatic rings. The first-order valence-electron chi connectivity index (χ1n) is 5.49. The summed E-state index contributed by atoms with van der Waals surface area (Å²) in [7, 11) is 0. The first-order valence-corrected chi connectivity index (χ1v) is 6.48. The van der Waals surface area contributed by atoms with E-state index < -0.39 is 0 Å². The molecule has 3 rings (SSSR count). The fraction of sp³-hybridized carbons (Fsp3) is 0.417. The van der Waals surface area contributed by atoms with Gasteiger partial charge in [0.15, 0.2) is 0 Å². The van der Waals surface area contributed by atoms with Gasteiger partial charge in [0, 0.05) is 4.90 Å². The lowest BCUT2D eigenvalue weighted by atomic mass is 9.79. The highest BCUT2D eigenvalue weighted by Crippen LogP contribution is 2.38. The summed E-state index contributed by atoms with van der Waals surface area (Å²) in [6.07, 6.45) is 0. The highest BCUT2D eigenvalue weighted by Gasteiger charge is 2.40. The molecule has 1 amide bonds. The second-order valence-corrected chi connectivity index (χ2v) is 5.50. The topological polar surface area (TPSA) is 58.6 Å². The summed E-state index contributed by atoms with van der Waals surface area (Å²) in [4.78, 5) is 12.4. The van der Waals surface area contributed by atoms with Crippen molar-refractivity contribution in [3.05, 3.63) is 23.8 Å². The van der Waals surface area contributed by atoms with Gasteiger partial charge in [0.1, 0.15) is 0 Å². The van der Waals surface area contributed by atoms with Gasteiger partial charge in [-0.2, -0.15) is 0 Å². The van der Waals surface area contributed by atoms with Crippen LogP contribution in [0.5, 0.6) is 0 Å². The summed E-state index contributed by atoms with van der Waals surface area (Å²) in [6.45, 7) is 1.17. The fourth-order valence-corrected chi connectivity index (χ4v) is 2.90. The Morgan fingerprint density at radius 3 is 2.94 bits per heavy atom. The van der Waals surface area contributed by atoms with Gasteiger partial charge in [0.25, 0.3) is 0 Å². The number of carbonyl (C=O) groups is 1. The molecule has 0 spiro atoms. The van der Waals surface area contributed by atoms with E-state index in [1.807, 2.05) is 18.2 Å². The Morgan fingerprint density at radius 2 is 2.29 bits per heavy atom. The molecule has 2 aliphatic rings. The molecule has 4 nitrogen and oxygen atoms in total. The van der Waals surface area contributed by atoms with Crippen LogP contribution in [0.2, 0.25) is 0 Å². The Morgan fingerprint density at radius 1 is 1.47 bits per heavy atom. The normalized spacial score (nSPS) is 21.4. The smallest absolute Gasteiger partial charge is 0.234 e. The standard InChI is InChI=1S/C12H13NO3S/c14-5-12(6-16-7-12)8-1-2-10-9(3-8)13-11(15)4-17-10/h1-3,14H,4-7H2,(H,13,15). The lowest BCUT2D eigenvalue weighted by molar-refractivity contribution is -0.113. The zero-order valence-corrected chi connectivity index (χ0v) is 10.0. The molecule has 2 aliphatic heterocycles. The van der Waals surface area contributed by atoms with Crippen LogP contribution in [-0.2, 0) is 14.9 Å². The number of nitrogens with one attached hydrogen (secondary N) is 1. The number of aliphatic hydroxyl groups excluding tert-OH is 1. The lowest BCUT2D eigenvalue weighted by Gasteiger charge is -2.40. The van der Waals surface area contributed by atoms with Gasteiger partial charge in [-0.3, -0.25) is 4.79 Å². The molecule has 1 aromatic carbocycles. The van der Waals surface area contributed by atoms with E-state index in [1.54, 1.807) is 11.8 Å². The summed E-state index contributed by atoms with van der Waals surface area (Å²) in [6, 6.07) is 5.98. The second kappa shape index (κ2) is 4.01. The summed E-state index contributed by atoms with van der Waals surface area (Å²) in [5, 5.41) is 12.3. The van der Waals surface area contributed by atoms with Gasteiger partial charge in [-0.1, -0.05) is 6.07 Å². The van der Waals surface area contributed by atoms with Crippen molar-refractivity contribution in [2.75, 3.05) is 30.9 Å². The first kappa shape index (κ1) is 11.1. The third kappa shape index (κ3) is 1.74. The number of ether oxygens (including phenoxy) is 1. The predicted molar refractivity (Wildman–Crippen MR) is 65.4 cm³/mol. The average Bonchev–Trinajstić information content (AvgIpc) is 2.28. The number of anilines is 1. The van der Waals surface area contributed by atoms with Gasteiger partial charge in [0.2, 0.25) is 5.91 Å². The zero-order chi connectivity index (χ0) is 11.9. The molecule has 0 aliphatic carbocycles. The zero-order valence-electron chi connectivity index (χ0n) is 9.23. The van der Waals surface area contributed by atoms with Crippen molar-refractivity contribution in [1.29, 1.82) is 0 Å². The van der Waals surface area contributed by atoms with Crippen LogP contribution in [-0.4, -0.2) is 36.6 Å². The number of amides is 1. The summed E-state index contributed by atoms with van der Waals surface area (Å²) >= 11 is 1.54. The van der Waals surface area contributed by atoms with Crippen LogP contribution < -0.4 is 5.32 Å². The number of rotatable bonds is 2. The summed E-state index contributed by atoms with van der Waals surface area (Å²) in [5.41, 5.74) is 1.61. The highest BCUT2D eigenvalue weighted by molar-refractivity contribution is 8.00. The van der Waals surface area contributed by atoms with Crippen molar-refractivity contribution in [3.8, 4) is 0 Å². The molecular formula is C12H13NO3S. The molecule has 5 heteroatoms. The molecule has 0 aromatic heterocycles. The Kier molecular flexibility index (Phi) is 2.61. The van der Waals surface area contributed by atoms with Gasteiger partial charge in [-0.25, -0.2) is 0 Å². The van der Waals surface area contributed by atoms with Gasteiger partial charge < -0.3 is 15.2 Å². The maximum absolute atomic E-state index is 11.3. The Balaban J connectivity index is 1.97. The molecule has 1 fully saturated rings. The van der Waals surface area contributed by atoms with Crippen LogP contribution in [0.1, 0.15) is 5.56 Å². The molecular weight excluding hydrogens is 238 g/mol. The molecule has 0 unspecified atom stereocenters. The molecule has 0 radical (unpaired) electrons. The van der Waals surface area contributed by atoms with E-state index in [4.69, 9.17) is 4.74 Å². The lowest BCUT2D eigenvalue weighted by Crippen LogP contribution is -2.49. The predicted octanol–water partition coefficient (Wildman–Crippen LogP) is 0.991. The summed E-state index contributed by atoms with van der Waals surface area (Å²) in [5.74, 6) is 0.503. The van der Waals surface area contributed by atoms with E-state index in [9.17, 15) is 9.90 Å². The van der Waals surface area contributed by atoms with Crippen LogP contribution in [0.3, 0.4) is 0 Å². The van der Waals surface area contributed by atoms with Crippen molar-refractivity contribution in [2.24, 2.45) is 0 Å². The van der Waals surface area contributed by atoms with Gasteiger partial charge >= 0.3 is 0 Å². The molecule has 1 saturated heterocycles. The molecule has 17 heavy (non-hydrogen) atoms. The number of fused-ring (bicyclic) bond motifs is 1. The fourth-order valence-electron chi connectivity index (χ4n) is 2.11. The maximum atomic E-state index is 11.3. The van der Waals surface area contributed by atoms with Gasteiger partial charge in [-0.15, -0.1) is 11.8 Å². The van der Waals surface area contributed by atoms with Crippen molar-refractivity contribution in [2.45, 2.75) is 10.3 Å². The summed E-state index contributed by atoms with van der Waals surface area (Å²) < 4.78 is 5.20. The number of thioether (sulfide) groups is 1. The van der Waals surface area contributed by atoms with E-state index in [0.717, 1.165) is 16.1 Å². The van der Waals surface area contributed by atoms with Crippen molar-refractivity contribution < 1.29 is 14.6 Å². The Bertz CT molecular complexity index is 465. The second-order valence-electron chi connectivity index (χ2n) is 4.48. The molecule has 0 atom stereocenters. The maximum Gasteiger partial charge on any atom is 0.234 e.